The van der Waals surface area contributed by atoms with E-state index in [1.807, 2.05) is 6.92 Å². The van der Waals surface area contributed by atoms with Gasteiger partial charge in [0.25, 0.3) is 5.91 Å². The summed E-state index contributed by atoms with van der Waals surface area (Å²) in [6, 6.07) is 2.72. The second-order valence-electron chi connectivity index (χ2n) is 8.44. The molecule has 1 aliphatic heterocycles. The van der Waals surface area contributed by atoms with Crippen molar-refractivity contribution < 1.29 is 43.3 Å². The first-order chi connectivity index (χ1) is 16.5. The molecule has 1 aromatic rings. The molecule has 5 atom stereocenters. The van der Waals surface area contributed by atoms with Crippen LogP contribution >= 0.6 is 0 Å². The van der Waals surface area contributed by atoms with E-state index in [4.69, 9.17) is 14.2 Å². The fourth-order valence-corrected chi connectivity index (χ4v) is 3.80. The summed E-state index contributed by atoms with van der Waals surface area (Å²) < 4.78 is 16.3. The lowest BCUT2D eigenvalue weighted by Crippen LogP contribution is -2.50. The number of esters is 3. The number of hydrogen-bond acceptors (Lipinski definition) is 9. The van der Waals surface area contributed by atoms with Gasteiger partial charge < -0.3 is 30.0 Å². The molecule has 0 radical (unpaired) electrons. The predicted molar refractivity (Wildman–Crippen MR) is 123 cm³/mol. The lowest BCUT2D eigenvalue weighted by Gasteiger charge is -2.28. The second-order valence-corrected chi connectivity index (χ2v) is 8.44. The third kappa shape index (κ3) is 7.17. The molecule has 35 heavy (non-hydrogen) atoms. The Bertz CT molecular complexity index is 978. The van der Waals surface area contributed by atoms with Crippen LogP contribution in [0.25, 0.3) is 0 Å². The SMILES string of the molecule is CCCCC1C(=O)OC(C)C(NC(=O)c2cccc(NC(C)=O)c2O)C(=O)OC(C)C1OC(C)=O. The van der Waals surface area contributed by atoms with Crippen LogP contribution in [-0.4, -0.2) is 59.2 Å². The number of hydrogen-bond donors (Lipinski definition) is 3. The van der Waals surface area contributed by atoms with E-state index < -0.39 is 65.7 Å². The smallest absolute Gasteiger partial charge is 0.332 e. The maximum Gasteiger partial charge on any atom is 0.332 e. The normalized spacial score (nSPS) is 24.7. The molecule has 0 aromatic heterocycles. The number of para-hydroxylation sites is 1. The topological polar surface area (TPSA) is 157 Å². The number of carbonyl (C=O) groups is 5. The summed E-state index contributed by atoms with van der Waals surface area (Å²) >= 11 is 0. The number of nitrogens with one attached hydrogen (secondary N) is 2. The number of phenols is 1. The average Bonchev–Trinajstić information content (AvgIpc) is 2.79. The highest BCUT2D eigenvalue weighted by atomic mass is 16.6. The average molecular weight is 493 g/mol. The lowest BCUT2D eigenvalue weighted by atomic mass is 9.92. The van der Waals surface area contributed by atoms with Gasteiger partial charge in [-0.1, -0.05) is 25.8 Å². The van der Waals surface area contributed by atoms with Crippen molar-refractivity contribution in [1.29, 1.82) is 0 Å². The fraction of sp³-hybridized carbons (Fsp3) is 0.542. The van der Waals surface area contributed by atoms with E-state index in [2.05, 4.69) is 10.6 Å². The third-order valence-corrected chi connectivity index (χ3v) is 5.54. The molecule has 0 aliphatic carbocycles. The number of phenolic OH excluding ortho intramolecular Hbond substituents is 1. The molecule has 192 valence electrons. The van der Waals surface area contributed by atoms with Crippen molar-refractivity contribution in [3.8, 4) is 5.75 Å². The summed E-state index contributed by atoms with van der Waals surface area (Å²) in [6.07, 6.45) is -1.41. The summed E-state index contributed by atoms with van der Waals surface area (Å²) in [6.45, 7) is 7.29. The molecule has 0 bridgehead atoms. The number of benzene rings is 1. The van der Waals surface area contributed by atoms with Gasteiger partial charge in [-0.2, -0.15) is 0 Å². The molecule has 2 amide bonds. The van der Waals surface area contributed by atoms with Gasteiger partial charge in [-0.05, 0) is 32.4 Å². The molecule has 11 nitrogen and oxygen atoms in total. The van der Waals surface area contributed by atoms with Crippen molar-refractivity contribution in [2.24, 2.45) is 5.92 Å². The molecular weight excluding hydrogens is 460 g/mol. The van der Waals surface area contributed by atoms with E-state index in [0.29, 0.717) is 12.8 Å². The zero-order valence-electron chi connectivity index (χ0n) is 20.5. The first-order valence-corrected chi connectivity index (χ1v) is 11.4. The molecule has 1 saturated heterocycles. The maximum absolute atomic E-state index is 13.0. The predicted octanol–water partition coefficient (Wildman–Crippen LogP) is 2.06. The van der Waals surface area contributed by atoms with Crippen molar-refractivity contribution in [2.75, 3.05) is 5.32 Å². The number of anilines is 1. The van der Waals surface area contributed by atoms with Crippen molar-refractivity contribution in [3.63, 3.8) is 0 Å². The number of cyclic esters (lactones) is 2. The summed E-state index contributed by atoms with van der Waals surface area (Å²) in [5.41, 5.74) is -0.201. The lowest BCUT2D eigenvalue weighted by molar-refractivity contribution is -0.173. The van der Waals surface area contributed by atoms with E-state index in [-0.39, 0.29) is 11.3 Å². The minimum atomic E-state index is -1.42. The van der Waals surface area contributed by atoms with E-state index in [1.54, 1.807) is 0 Å². The van der Waals surface area contributed by atoms with E-state index in [9.17, 15) is 29.1 Å². The first-order valence-electron chi connectivity index (χ1n) is 11.4. The summed E-state index contributed by atoms with van der Waals surface area (Å²) in [4.78, 5) is 61.9. The van der Waals surface area contributed by atoms with E-state index >= 15 is 0 Å². The summed E-state index contributed by atoms with van der Waals surface area (Å²) in [5.74, 6) is -4.90. The molecule has 0 spiro atoms. The van der Waals surface area contributed by atoms with Crippen LogP contribution in [0, 0.1) is 5.92 Å². The van der Waals surface area contributed by atoms with E-state index in [1.165, 1.54) is 45.9 Å². The Morgan fingerprint density at radius 3 is 2.31 bits per heavy atom. The zero-order valence-corrected chi connectivity index (χ0v) is 20.5. The Hall–Kier alpha value is -3.63. The number of carbonyl (C=O) groups excluding carboxylic acids is 5. The largest absolute Gasteiger partial charge is 0.505 e. The molecule has 2 rings (SSSR count). The quantitative estimate of drug-likeness (QED) is 0.294. The summed E-state index contributed by atoms with van der Waals surface area (Å²) in [5, 5.41) is 15.2. The molecule has 0 saturated carbocycles. The third-order valence-electron chi connectivity index (χ3n) is 5.54. The van der Waals surface area contributed by atoms with Crippen molar-refractivity contribution in [2.45, 2.75) is 78.2 Å². The summed E-state index contributed by atoms with van der Waals surface area (Å²) in [7, 11) is 0. The van der Waals surface area contributed by atoms with Crippen LogP contribution in [0.3, 0.4) is 0 Å². The Kier molecular flexibility index (Phi) is 9.61. The number of aromatic hydroxyl groups is 1. The van der Waals surface area contributed by atoms with Gasteiger partial charge in [-0.3, -0.25) is 19.2 Å². The molecule has 11 heteroatoms. The number of amides is 2. The Morgan fingerprint density at radius 2 is 1.71 bits per heavy atom. The van der Waals surface area contributed by atoms with Crippen LogP contribution in [0.5, 0.6) is 5.75 Å². The van der Waals surface area contributed by atoms with Gasteiger partial charge >= 0.3 is 17.9 Å². The van der Waals surface area contributed by atoms with Crippen LogP contribution < -0.4 is 10.6 Å². The van der Waals surface area contributed by atoms with Crippen molar-refractivity contribution in [1.82, 2.24) is 5.32 Å². The fourth-order valence-electron chi connectivity index (χ4n) is 3.80. The highest BCUT2D eigenvalue weighted by molar-refractivity contribution is 6.02. The minimum absolute atomic E-state index is 0.0123. The van der Waals surface area contributed by atoms with Gasteiger partial charge in [-0.15, -0.1) is 0 Å². The number of ether oxygens (including phenoxy) is 3. The maximum atomic E-state index is 13.0. The molecule has 3 N–H and O–H groups in total. The minimum Gasteiger partial charge on any atom is -0.505 e. The monoisotopic (exact) mass is 492 g/mol. The van der Waals surface area contributed by atoms with Crippen LogP contribution in [0.15, 0.2) is 18.2 Å². The van der Waals surface area contributed by atoms with Gasteiger partial charge in [0.05, 0.1) is 17.2 Å². The first kappa shape index (κ1) is 27.6. The van der Waals surface area contributed by atoms with Gasteiger partial charge in [0, 0.05) is 13.8 Å². The number of rotatable bonds is 7. The van der Waals surface area contributed by atoms with E-state index in [0.717, 1.165) is 6.42 Å². The van der Waals surface area contributed by atoms with Crippen molar-refractivity contribution in [3.05, 3.63) is 23.8 Å². The van der Waals surface area contributed by atoms with Gasteiger partial charge in [0.1, 0.15) is 12.2 Å². The molecule has 1 heterocycles. The van der Waals surface area contributed by atoms with Gasteiger partial charge in [0.15, 0.2) is 17.9 Å². The second kappa shape index (κ2) is 12.2. The Labute approximate surface area is 203 Å². The molecule has 5 unspecified atom stereocenters. The van der Waals surface area contributed by atoms with Crippen LogP contribution in [0.1, 0.15) is 64.2 Å². The number of unbranched alkanes of at least 4 members (excludes halogenated alkanes) is 1. The molecule has 1 aliphatic rings. The Balaban J connectivity index is 2.34. The zero-order chi connectivity index (χ0) is 26.3. The van der Waals surface area contributed by atoms with Gasteiger partial charge in [0.2, 0.25) is 5.91 Å². The molecule has 1 fully saturated rings. The highest BCUT2D eigenvalue weighted by Crippen LogP contribution is 2.29. The van der Waals surface area contributed by atoms with Gasteiger partial charge in [-0.25, -0.2) is 4.79 Å². The highest BCUT2D eigenvalue weighted by Gasteiger charge is 2.43. The van der Waals surface area contributed by atoms with Crippen LogP contribution in [0.2, 0.25) is 0 Å². The Morgan fingerprint density at radius 1 is 1.06 bits per heavy atom. The molecule has 1 aromatic carbocycles. The van der Waals surface area contributed by atoms with Crippen LogP contribution in [-0.2, 0) is 33.4 Å². The van der Waals surface area contributed by atoms with Crippen molar-refractivity contribution >= 4 is 35.4 Å². The standard InChI is InChI=1S/C24H32N2O9/c1-6-7-9-17-21(35-15(5)28)13(3)34-24(32)19(12(2)33-23(17)31)26-22(30)16-10-8-11-18(20(16)29)25-14(4)27/h8,10-13,17,19,21,29H,6-7,9H2,1-5H3,(H,25,27)(H,26,30). The molecular formula is C24H32N2O9. The van der Waals surface area contributed by atoms with Crippen LogP contribution in [0.4, 0.5) is 5.69 Å².